The molecule has 3 rings (SSSR count). The number of thiophene rings is 1. The largest absolute Gasteiger partial charge is 0.331 e. The van der Waals surface area contributed by atoms with Crippen LogP contribution < -0.4 is 4.72 Å². The number of benzene rings is 1. The van der Waals surface area contributed by atoms with Gasteiger partial charge >= 0.3 is 0 Å². The lowest BCUT2D eigenvalue weighted by Crippen LogP contribution is -2.32. The summed E-state index contributed by atoms with van der Waals surface area (Å²) in [6, 6.07) is 6.85. The molecule has 1 N–H and O–H groups in total. The Morgan fingerprint density at radius 3 is 2.77 bits per heavy atom. The summed E-state index contributed by atoms with van der Waals surface area (Å²) in [5.74, 6) is -1.18. The molecule has 1 fully saturated rings. The molecule has 0 aliphatic carbocycles. The summed E-state index contributed by atoms with van der Waals surface area (Å²) in [7, 11) is -3.80. The Kier molecular flexibility index (Phi) is 5.45. The Labute approximate surface area is 156 Å². The third kappa shape index (κ3) is 3.82. The van der Waals surface area contributed by atoms with Crippen LogP contribution in [-0.2, 0) is 10.0 Å². The van der Waals surface area contributed by atoms with Gasteiger partial charge in [-0.2, -0.15) is 0 Å². The number of carbonyl (C=O) groups excluding carboxylic acids is 1. The molecule has 2 aromatic rings. The van der Waals surface area contributed by atoms with Crippen LogP contribution in [0.25, 0.3) is 0 Å². The molecule has 1 unspecified atom stereocenters. The minimum atomic E-state index is -3.80. The first-order valence-electron chi connectivity index (χ1n) is 8.46. The molecule has 0 bridgehead atoms. The first-order valence-corrected chi connectivity index (χ1v) is 10.8. The Morgan fingerprint density at radius 2 is 2.12 bits per heavy atom. The predicted octanol–water partition coefficient (Wildman–Crippen LogP) is 3.55. The molecular weight excluding hydrogens is 375 g/mol. The molecule has 1 aliphatic rings. The van der Waals surface area contributed by atoms with Crippen LogP contribution in [-0.4, -0.2) is 31.8 Å². The summed E-state index contributed by atoms with van der Waals surface area (Å²) in [6.45, 7) is 3.92. The van der Waals surface area contributed by atoms with Gasteiger partial charge in [-0.1, -0.05) is 6.07 Å². The summed E-state index contributed by atoms with van der Waals surface area (Å²) in [5.41, 5.74) is -0.208. The standard InChI is InChI=1S/C18H21FN2O3S2/c1-12(2)20-26(23,24)13-7-8-15(19)14(11-13)18(22)21-9-3-5-16(21)17-6-4-10-25-17/h4,6-8,10-12,16,20H,3,5,9H2,1-2H3. The van der Waals surface area contributed by atoms with E-state index in [-0.39, 0.29) is 22.5 Å². The van der Waals surface area contributed by atoms with Crippen molar-refractivity contribution in [3.63, 3.8) is 0 Å². The van der Waals surface area contributed by atoms with Crippen LogP contribution in [0.3, 0.4) is 0 Å². The van der Waals surface area contributed by atoms with E-state index >= 15 is 0 Å². The van der Waals surface area contributed by atoms with Crippen LogP contribution in [0.1, 0.15) is 48.0 Å². The van der Waals surface area contributed by atoms with E-state index in [4.69, 9.17) is 0 Å². The van der Waals surface area contributed by atoms with E-state index in [1.165, 1.54) is 6.07 Å². The predicted molar refractivity (Wildman–Crippen MR) is 99.2 cm³/mol. The van der Waals surface area contributed by atoms with Gasteiger partial charge in [-0.3, -0.25) is 4.79 Å². The summed E-state index contributed by atoms with van der Waals surface area (Å²) < 4.78 is 41.5. The van der Waals surface area contributed by atoms with Crippen LogP contribution in [0.4, 0.5) is 4.39 Å². The number of nitrogens with one attached hydrogen (secondary N) is 1. The lowest BCUT2D eigenvalue weighted by atomic mass is 10.1. The Balaban J connectivity index is 1.93. The maximum Gasteiger partial charge on any atom is 0.257 e. The minimum Gasteiger partial charge on any atom is -0.331 e. The highest BCUT2D eigenvalue weighted by atomic mass is 32.2. The second-order valence-electron chi connectivity index (χ2n) is 6.59. The Bertz CT molecular complexity index is 895. The SMILES string of the molecule is CC(C)NS(=O)(=O)c1ccc(F)c(C(=O)N2CCCC2c2cccs2)c1. The second-order valence-corrected chi connectivity index (χ2v) is 9.28. The van der Waals surface area contributed by atoms with Crippen molar-refractivity contribution in [3.05, 3.63) is 52.0 Å². The molecule has 1 saturated heterocycles. The Hall–Kier alpha value is -1.77. The fourth-order valence-electron chi connectivity index (χ4n) is 3.15. The van der Waals surface area contributed by atoms with Gasteiger partial charge in [-0.15, -0.1) is 11.3 Å². The number of hydrogen-bond acceptors (Lipinski definition) is 4. The van der Waals surface area contributed by atoms with E-state index in [2.05, 4.69) is 4.72 Å². The molecule has 1 atom stereocenters. The van der Waals surface area contributed by atoms with Crippen molar-refractivity contribution in [1.29, 1.82) is 0 Å². The quantitative estimate of drug-likeness (QED) is 0.840. The zero-order chi connectivity index (χ0) is 18.9. The van der Waals surface area contributed by atoms with Gasteiger partial charge in [0, 0.05) is 17.5 Å². The molecule has 0 spiro atoms. The third-order valence-corrected chi connectivity index (χ3v) is 6.88. The topological polar surface area (TPSA) is 66.5 Å². The van der Waals surface area contributed by atoms with Crippen molar-refractivity contribution in [2.45, 2.75) is 43.7 Å². The van der Waals surface area contributed by atoms with Gasteiger partial charge in [0.2, 0.25) is 10.0 Å². The monoisotopic (exact) mass is 396 g/mol. The highest BCUT2D eigenvalue weighted by Crippen LogP contribution is 2.35. The number of likely N-dealkylation sites (tertiary alicyclic amines) is 1. The van der Waals surface area contributed by atoms with Crippen LogP contribution >= 0.6 is 11.3 Å². The Morgan fingerprint density at radius 1 is 1.35 bits per heavy atom. The number of halogens is 1. The first kappa shape index (κ1) is 19.0. The summed E-state index contributed by atoms with van der Waals surface area (Å²) in [4.78, 5) is 15.5. The van der Waals surface area contributed by atoms with Crippen LogP contribution in [0.5, 0.6) is 0 Å². The zero-order valence-corrected chi connectivity index (χ0v) is 16.2. The molecule has 140 valence electrons. The molecule has 2 heterocycles. The summed E-state index contributed by atoms with van der Waals surface area (Å²) in [6.07, 6.45) is 1.66. The van der Waals surface area contributed by atoms with Crippen molar-refractivity contribution in [2.24, 2.45) is 0 Å². The fourth-order valence-corrected chi connectivity index (χ4v) is 5.31. The van der Waals surface area contributed by atoms with Crippen LogP contribution in [0.2, 0.25) is 0 Å². The van der Waals surface area contributed by atoms with Crippen molar-refractivity contribution >= 4 is 27.3 Å². The molecule has 1 aromatic heterocycles. The van der Waals surface area contributed by atoms with Gasteiger partial charge in [-0.25, -0.2) is 17.5 Å². The van der Waals surface area contributed by atoms with Crippen molar-refractivity contribution < 1.29 is 17.6 Å². The lowest BCUT2D eigenvalue weighted by molar-refractivity contribution is 0.0733. The molecule has 0 saturated carbocycles. The highest BCUT2D eigenvalue weighted by molar-refractivity contribution is 7.89. The molecule has 1 aliphatic heterocycles. The average Bonchev–Trinajstić information content (AvgIpc) is 3.24. The van der Waals surface area contributed by atoms with Gasteiger partial charge in [0.05, 0.1) is 16.5 Å². The van der Waals surface area contributed by atoms with E-state index in [1.54, 1.807) is 30.1 Å². The number of nitrogens with zero attached hydrogens (tertiary/aromatic N) is 1. The van der Waals surface area contributed by atoms with Gasteiger partial charge < -0.3 is 4.90 Å². The van der Waals surface area contributed by atoms with Crippen LogP contribution in [0, 0.1) is 5.82 Å². The molecule has 8 heteroatoms. The van der Waals surface area contributed by atoms with Crippen molar-refractivity contribution in [2.75, 3.05) is 6.54 Å². The molecule has 1 amide bonds. The lowest BCUT2D eigenvalue weighted by Gasteiger charge is -2.24. The first-order chi connectivity index (χ1) is 12.3. The normalized spacial score (nSPS) is 17.8. The molecule has 26 heavy (non-hydrogen) atoms. The molecule has 5 nitrogen and oxygen atoms in total. The summed E-state index contributed by atoms with van der Waals surface area (Å²) >= 11 is 1.56. The van der Waals surface area contributed by atoms with E-state index < -0.39 is 21.7 Å². The second kappa shape index (κ2) is 7.46. The van der Waals surface area contributed by atoms with Crippen LogP contribution in [0.15, 0.2) is 40.6 Å². The van der Waals surface area contributed by atoms with Crippen molar-refractivity contribution in [1.82, 2.24) is 9.62 Å². The van der Waals surface area contributed by atoms with Gasteiger partial charge in [-0.05, 0) is 56.3 Å². The summed E-state index contributed by atoms with van der Waals surface area (Å²) in [5, 5.41) is 1.95. The number of carbonyl (C=O) groups is 1. The highest BCUT2D eigenvalue weighted by Gasteiger charge is 2.33. The zero-order valence-electron chi connectivity index (χ0n) is 14.6. The van der Waals surface area contributed by atoms with E-state index in [1.807, 2.05) is 17.5 Å². The molecular formula is C18H21FN2O3S2. The van der Waals surface area contributed by atoms with Gasteiger partial charge in [0.15, 0.2) is 0 Å². The average molecular weight is 397 g/mol. The minimum absolute atomic E-state index is 0.0871. The molecule has 0 radical (unpaired) electrons. The number of sulfonamides is 1. The maximum atomic E-state index is 14.3. The van der Waals surface area contributed by atoms with E-state index in [0.717, 1.165) is 29.9 Å². The van der Waals surface area contributed by atoms with E-state index in [9.17, 15) is 17.6 Å². The molecule has 1 aromatic carbocycles. The van der Waals surface area contributed by atoms with Gasteiger partial charge in [0.1, 0.15) is 5.82 Å². The number of hydrogen-bond donors (Lipinski definition) is 1. The smallest absolute Gasteiger partial charge is 0.257 e. The number of rotatable bonds is 5. The van der Waals surface area contributed by atoms with Gasteiger partial charge in [0.25, 0.3) is 5.91 Å². The maximum absolute atomic E-state index is 14.3. The number of amides is 1. The van der Waals surface area contributed by atoms with Crippen molar-refractivity contribution in [3.8, 4) is 0 Å². The van der Waals surface area contributed by atoms with E-state index in [0.29, 0.717) is 6.54 Å². The fraction of sp³-hybridized carbons (Fsp3) is 0.389. The third-order valence-electron chi connectivity index (χ3n) is 4.25.